The molecule has 0 bridgehead atoms. The molecule has 0 aliphatic rings. The average Bonchev–Trinajstić information content (AvgIpc) is 3.48. The largest absolute Gasteiger partial charge is 0.496 e. The summed E-state index contributed by atoms with van der Waals surface area (Å²) >= 11 is 1.25. The molecule has 0 saturated carbocycles. The molecule has 0 N–H and O–H groups in total. The van der Waals surface area contributed by atoms with Crippen molar-refractivity contribution in [3.05, 3.63) is 68.7 Å². The van der Waals surface area contributed by atoms with Gasteiger partial charge in [0, 0.05) is 5.56 Å². The molecule has 1 aromatic carbocycles. The van der Waals surface area contributed by atoms with E-state index in [4.69, 9.17) is 13.9 Å². The summed E-state index contributed by atoms with van der Waals surface area (Å²) in [6.45, 7) is 10.2. The zero-order valence-corrected chi connectivity index (χ0v) is 22.8. The van der Waals surface area contributed by atoms with Crippen molar-refractivity contribution in [2.45, 2.75) is 65.8 Å². The molecule has 9 nitrogen and oxygen atoms in total. The zero-order valence-electron chi connectivity index (χ0n) is 22.0. The molecule has 10 heteroatoms. The molecule has 0 spiro atoms. The number of nitrogens with zero attached hydrogens (tertiary/aromatic N) is 3. The van der Waals surface area contributed by atoms with Gasteiger partial charge in [-0.3, -0.25) is 14.2 Å². The molecule has 0 amide bonds. The van der Waals surface area contributed by atoms with Crippen molar-refractivity contribution in [1.29, 1.82) is 0 Å². The number of Topliss-reactive ketones (excluding diaryl/α,β-unsaturated/α-hetero) is 1. The molecule has 4 rings (SSSR count). The van der Waals surface area contributed by atoms with Crippen molar-refractivity contribution in [1.82, 2.24) is 14.1 Å². The van der Waals surface area contributed by atoms with Crippen LogP contribution in [0.4, 0.5) is 0 Å². The predicted octanol–water partition coefficient (Wildman–Crippen LogP) is 4.69. The summed E-state index contributed by atoms with van der Waals surface area (Å²) in [7, 11) is 1.58. The lowest BCUT2D eigenvalue weighted by atomic mass is 10.00. The van der Waals surface area contributed by atoms with Crippen molar-refractivity contribution in [2.24, 2.45) is 0 Å². The van der Waals surface area contributed by atoms with Crippen LogP contribution in [0.1, 0.15) is 51.8 Å². The number of aromatic nitrogens is 3. The van der Waals surface area contributed by atoms with Gasteiger partial charge in [0.2, 0.25) is 5.89 Å². The lowest BCUT2D eigenvalue weighted by molar-refractivity contribution is -0.124. The van der Waals surface area contributed by atoms with Crippen LogP contribution in [0.15, 0.2) is 50.7 Å². The Bertz CT molecular complexity index is 1560. The first-order valence-electron chi connectivity index (χ1n) is 12.0. The SMILES string of the molecule is COc1ccccc1[C@@H](Cn1c(=O)n(C(C)(C)C(C)=O)c(=O)c2c(C)c(-c3ncco3)sc21)OC(C)C. The molecule has 3 aromatic heterocycles. The first kappa shape index (κ1) is 26.6. The van der Waals surface area contributed by atoms with Gasteiger partial charge in [-0.1, -0.05) is 18.2 Å². The van der Waals surface area contributed by atoms with Gasteiger partial charge in [0.1, 0.15) is 28.5 Å². The monoisotopic (exact) mass is 525 g/mol. The van der Waals surface area contributed by atoms with Crippen molar-refractivity contribution in [2.75, 3.05) is 7.11 Å². The number of rotatable bonds is 9. The smallest absolute Gasteiger partial charge is 0.333 e. The molecule has 0 aliphatic carbocycles. The predicted molar refractivity (Wildman–Crippen MR) is 143 cm³/mol. The van der Waals surface area contributed by atoms with E-state index in [-0.39, 0.29) is 18.4 Å². The summed E-state index contributed by atoms with van der Waals surface area (Å²) in [4.78, 5) is 45.8. The van der Waals surface area contributed by atoms with Gasteiger partial charge in [-0.15, -0.1) is 11.3 Å². The standard InChI is InChI=1S/C27H31N3O6S/c1-15(2)36-20(18-10-8-9-11-19(18)34-7)14-29-25-21(16(3)22(37-25)23-28-12-13-35-23)24(32)30(26(29)33)27(5,6)17(4)31/h8-13,15,20H,14H2,1-7H3/t20-/m1/s1. The highest BCUT2D eigenvalue weighted by Crippen LogP contribution is 2.37. The van der Waals surface area contributed by atoms with E-state index in [0.29, 0.717) is 32.3 Å². The third kappa shape index (κ3) is 4.67. The molecule has 196 valence electrons. The Balaban J connectivity index is 2.06. The molecule has 3 heterocycles. The van der Waals surface area contributed by atoms with Gasteiger partial charge >= 0.3 is 5.69 Å². The summed E-state index contributed by atoms with van der Waals surface area (Å²) < 4.78 is 19.9. The molecule has 0 fully saturated rings. The Morgan fingerprint density at radius 2 is 1.92 bits per heavy atom. The second-order valence-corrected chi connectivity index (χ2v) is 10.6. The molecule has 1 atom stereocenters. The van der Waals surface area contributed by atoms with Crippen molar-refractivity contribution < 1.29 is 18.7 Å². The van der Waals surface area contributed by atoms with E-state index in [2.05, 4.69) is 4.98 Å². The van der Waals surface area contributed by atoms with E-state index < -0.39 is 22.9 Å². The van der Waals surface area contributed by atoms with E-state index in [1.807, 2.05) is 38.1 Å². The van der Waals surface area contributed by atoms with Gasteiger partial charge < -0.3 is 13.9 Å². The summed E-state index contributed by atoms with van der Waals surface area (Å²) in [5, 5.41) is 0.343. The van der Waals surface area contributed by atoms with Crippen LogP contribution in [0.2, 0.25) is 0 Å². The first-order chi connectivity index (χ1) is 17.5. The maximum Gasteiger partial charge on any atom is 0.333 e. The van der Waals surface area contributed by atoms with Gasteiger partial charge in [0.15, 0.2) is 5.78 Å². The minimum Gasteiger partial charge on any atom is -0.496 e. The molecule has 0 unspecified atom stereocenters. The molecule has 0 saturated heterocycles. The minimum absolute atomic E-state index is 0.0904. The normalized spacial score (nSPS) is 12.9. The summed E-state index contributed by atoms with van der Waals surface area (Å²) in [5.74, 6) is 0.671. The highest BCUT2D eigenvalue weighted by atomic mass is 32.1. The third-order valence-corrected chi connectivity index (χ3v) is 7.83. The fourth-order valence-electron chi connectivity index (χ4n) is 4.34. The summed E-state index contributed by atoms with van der Waals surface area (Å²) in [6.07, 6.45) is 2.25. The number of hydrogen-bond donors (Lipinski definition) is 0. The molecule has 4 aromatic rings. The zero-order chi connectivity index (χ0) is 27.1. The van der Waals surface area contributed by atoms with Gasteiger partial charge in [-0.2, -0.15) is 0 Å². The van der Waals surface area contributed by atoms with Crippen LogP contribution < -0.4 is 16.0 Å². The number of ether oxygens (including phenoxy) is 2. The number of thiophene rings is 1. The van der Waals surface area contributed by atoms with Crippen LogP contribution in [-0.4, -0.2) is 33.1 Å². The second kappa shape index (κ2) is 10.1. The lowest BCUT2D eigenvalue weighted by Gasteiger charge is -2.27. The van der Waals surface area contributed by atoms with Crippen molar-refractivity contribution >= 4 is 27.3 Å². The number of aryl methyl sites for hydroxylation is 1. The topological polar surface area (TPSA) is 106 Å². The Hall–Kier alpha value is -3.50. The van der Waals surface area contributed by atoms with E-state index in [0.717, 1.165) is 10.1 Å². The van der Waals surface area contributed by atoms with Crippen LogP contribution >= 0.6 is 11.3 Å². The van der Waals surface area contributed by atoms with Crippen LogP contribution in [0.3, 0.4) is 0 Å². The number of fused-ring (bicyclic) bond motifs is 1. The highest BCUT2D eigenvalue weighted by Gasteiger charge is 2.34. The molecular formula is C27H31N3O6S. The van der Waals surface area contributed by atoms with Gasteiger partial charge in [-0.25, -0.2) is 14.3 Å². The van der Waals surface area contributed by atoms with Gasteiger partial charge in [0.05, 0.1) is 36.2 Å². The number of carbonyl (C=O) groups excluding carboxylic acids is 1. The molecule has 0 radical (unpaired) electrons. The maximum atomic E-state index is 14.0. The summed E-state index contributed by atoms with van der Waals surface area (Å²) in [5.41, 5.74) is -1.08. The molecular weight excluding hydrogens is 494 g/mol. The van der Waals surface area contributed by atoms with E-state index in [1.165, 1.54) is 35.3 Å². The van der Waals surface area contributed by atoms with Crippen molar-refractivity contribution in [3.63, 3.8) is 0 Å². The number of ketones is 1. The molecule has 0 aliphatic heterocycles. The number of para-hydroxylation sites is 1. The Kier molecular flexibility index (Phi) is 7.25. The maximum absolute atomic E-state index is 14.0. The fraction of sp³-hybridized carbons (Fsp3) is 0.407. The Labute approximate surface area is 218 Å². The first-order valence-corrected chi connectivity index (χ1v) is 12.8. The summed E-state index contributed by atoms with van der Waals surface area (Å²) in [6, 6.07) is 7.46. The van der Waals surface area contributed by atoms with E-state index in [9.17, 15) is 14.4 Å². The number of carbonyl (C=O) groups is 1. The van der Waals surface area contributed by atoms with Crippen LogP contribution in [0, 0.1) is 6.92 Å². The highest BCUT2D eigenvalue weighted by molar-refractivity contribution is 7.22. The second-order valence-electron chi connectivity index (χ2n) is 9.64. The van der Waals surface area contributed by atoms with Gasteiger partial charge in [-0.05, 0) is 53.2 Å². The molecule has 37 heavy (non-hydrogen) atoms. The minimum atomic E-state index is -1.36. The number of hydrogen-bond acceptors (Lipinski definition) is 8. The van der Waals surface area contributed by atoms with Crippen molar-refractivity contribution in [3.8, 4) is 16.5 Å². The van der Waals surface area contributed by atoms with Crippen LogP contribution in [0.25, 0.3) is 21.0 Å². The third-order valence-electron chi connectivity index (χ3n) is 6.53. The lowest BCUT2D eigenvalue weighted by Crippen LogP contribution is -2.52. The number of oxazole rings is 1. The van der Waals surface area contributed by atoms with E-state index >= 15 is 0 Å². The quantitative estimate of drug-likeness (QED) is 0.312. The van der Waals surface area contributed by atoms with Gasteiger partial charge in [0.25, 0.3) is 5.56 Å². The number of benzene rings is 1. The Morgan fingerprint density at radius 1 is 1.22 bits per heavy atom. The van der Waals surface area contributed by atoms with Crippen LogP contribution in [-0.2, 0) is 21.6 Å². The van der Waals surface area contributed by atoms with E-state index in [1.54, 1.807) is 27.9 Å². The Morgan fingerprint density at radius 3 is 2.51 bits per heavy atom. The van der Waals surface area contributed by atoms with Crippen LogP contribution in [0.5, 0.6) is 5.75 Å². The average molecular weight is 526 g/mol. The fourth-order valence-corrected chi connectivity index (χ4v) is 5.58. The number of methoxy groups -OCH3 is 1.